The second-order valence-electron chi connectivity index (χ2n) is 7.56. The zero-order valence-electron chi connectivity index (χ0n) is 20.4. The molecule has 10 heteroatoms. The number of hydrogen-bond acceptors (Lipinski definition) is 9. The van der Waals surface area contributed by atoms with E-state index in [4.69, 9.17) is 28.4 Å². The van der Waals surface area contributed by atoms with Gasteiger partial charge in [-0.3, -0.25) is 0 Å². The number of halogens is 1. The Bertz CT molecular complexity index is 1390. The van der Waals surface area contributed by atoms with E-state index in [0.29, 0.717) is 39.7 Å². The highest BCUT2D eigenvalue weighted by molar-refractivity contribution is 9.10. The summed E-state index contributed by atoms with van der Waals surface area (Å²) in [6.07, 6.45) is 1.54. The topological polar surface area (TPSA) is 102 Å². The number of methoxy groups -OCH3 is 4. The molecule has 0 atom stereocenters. The van der Waals surface area contributed by atoms with E-state index in [0.717, 1.165) is 4.47 Å². The molecule has 0 aromatic heterocycles. The fourth-order valence-electron chi connectivity index (χ4n) is 3.50. The van der Waals surface area contributed by atoms with Crippen LogP contribution >= 0.6 is 15.9 Å². The van der Waals surface area contributed by atoms with Crippen LogP contribution in [-0.2, 0) is 9.53 Å². The quantitative estimate of drug-likeness (QED) is 0.212. The molecule has 0 fully saturated rings. The maximum atomic E-state index is 12.5. The smallest absolute Gasteiger partial charge is 0.363 e. The lowest BCUT2D eigenvalue weighted by Crippen LogP contribution is -2.09. The number of carbonyl (C=O) groups is 2. The molecule has 1 aliphatic rings. The first kappa shape index (κ1) is 25.8. The molecule has 3 aromatic rings. The van der Waals surface area contributed by atoms with Gasteiger partial charge < -0.3 is 28.4 Å². The molecule has 9 nitrogen and oxygen atoms in total. The van der Waals surface area contributed by atoms with Gasteiger partial charge in [-0.2, -0.15) is 0 Å². The van der Waals surface area contributed by atoms with Crippen LogP contribution in [0.25, 0.3) is 6.08 Å². The minimum Gasteiger partial charge on any atom is -0.493 e. The Morgan fingerprint density at radius 1 is 0.838 bits per heavy atom. The van der Waals surface area contributed by atoms with Crippen LogP contribution in [0.5, 0.6) is 28.7 Å². The van der Waals surface area contributed by atoms with Crippen molar-refractivity contribution in [3.63, 3.8) is 0 Å². The molecule has 1 aliphatic heterocycles. The van der Waals surface area contributed by atoms with E-state index in [-0.39, 0.29) is 17.3 Å². The standard InChI is InChI=1S/C27H22BrNO8/c1-32-21-12-15(5-10-20(21)36-26(30)16-6-8-18(28)9-7-16)11-19-27(31)37-25(29-19)17-13-22(33-2)24(35-4)23(14-17)34-3/h5-14H,1-4H3/b19-11-. The highest BCUT2D eigenvalue weighted by atomic mass is 79.9. The lowest BCUT2D eigenvalue weighted by molar-refractivity contribution is -0.129. The summed E-state index contributed by atoms with van der Waals surface area (Å²) in [5, 5.41) is 0. The first-order valence-corrected chi connectivity index (χ1v) is 11.6. The van der Waals surface area contributed by atoms with E-state index in [1.54, 1.807) is 54.6 Å². The van der Waals surface area contributed by atoms with Crippen LogP contribution < -0.4 is 23.7 Å². The summed E-state index contributed by atoms with van der Waals surface area (Å²) in [6, 6.07) is 14.9. The van der Waals surface area contributed by atoms with E-state index in [2.05, 4.69) is 20.9 Å². The summed E-state index contributed by atoms with van der Waals surface area (Å²) >= 11 is 3.33. The van der Waals surface area contributed by atoms with Crippen LogP contribution in [0.3, 0.4) is 0 Å². The number of aliphatic imine (C=N–C) groups is 1. The van der Waals surface area contributed by atoms with Gasteiger partial charge in [0.15, 0.2) is 28.7 Å². The Morgan fingerprint density at radius 3 is 2.08 bits per heavy atom. The number of cyclic esters (lactones) is 1. The molecule has 0 bridgehead atoms. The van der Waals surface area contributed by atoms with E-state index < -0.39 is 11.9 Å². The third-order valence-electron chi connectivity index (χ3n) is 5.31. The number of hydrogen-bond donors (Lipinski definition) is 0. The molecular formula is C27H22BrNO8. The number of esters is 2. The number of rotatable bonds is 8. The maximum Gasteiger partial charge on any atom is 0.363 e. The number of carbonyl (C=O) groups excluding carboxylic acids is 2. The van der Waals surface area contributed by atoms with Gasteiger partial charge in [-0.05, 0) is 60.2 Å². The van der Waals surface area contributed by atoms with Crippen molar-refractivity contribution in [1.29, 1.82) is 0 Å². The first-order chi connectivity index (χ1) is 17.9. The van der Waals surface area contributed by atoms with Gasteiger partial charge in [0.05, 0.1) is 34.0 Å². The van der Waals surface area contributed by atoms with Gasteiger partial charge in [0.1, 0.15) is 0 Å². The minimum atomic E-state index is -0.631. The van der Waals surface area contributed by atoms with Gasteiger partial charge in [0, 0.05) is 10.0 Å². The van der Waals surface area contributed by atoms with Crippen molar-refractivity contribution in [1.82, 2.24) is 0 Å². The van der Waals surface area contributed by atoms with Crippen molar-refractivity contribution in [2.45, 2.75) is 0 Å². The predicted octanol–water partition coefficient (Wildman–Crippen LogP) is 5.05. The zero-order chi connectivity index (χ0) is 26.5. The van der Waals surface area contributed by atoms with Crippen molar-refractivity contribution >= 4 is 39.8 Å². The zero-order valence-corrected chi connectivity index (χ0v) is 22.0. The molecular weight excluding hydrogens is 546 g/mol. The molecule has 3 aromatic carbocycles. The molecule has 0 spiro atoms. The summed E-state index contributed by atoms with van der Waals surface area (Å²) in [5.41, 5.74) is 1.52. The Morgan fingerprint density at radius 2 is 1.49 bits per heavy atom. The Kier molecular flexibility index (Phi) is 7.78. The molecule has 37 heavy (non-hydrogen) atoms. The van der Waals surface area contributed by atoms with Crippen LogP contribution in [0.15, 0.2) is 69.8 Å². The van der Waals surface area contributed by atoms with E-state index in [9.17, 15) is 9.59 Å². The van der Waals surface area contributed by atoms with Gasteiger partial charge in [-0.25, -0.2) is 14.6 Å². The Balaban J connectivity index is 1.60. The maximum absolute atomic E-state index is 12.5. The van der Waals surface area contributed by atoms with Gasteiger partial charge in [0.2, 0.25) is 11.6 Å². The van der Waals surface area contributed by atoms with Crippen LogP contribution in [0.1, 0.15) is 21.5 Å². The third kappa shape index (κ3) is 5.59. The SMILES string of the molecule is COc1cc(/C=C2\N=C(c3cc(OC)c(OC)c(OC)c3)OC2=O)ccc1OC(=O)c1ccc(Br)cc1. The molecule has 0 saturated carbocycles. The van der Waals surface area contributed by atoms with Gasteiger partial charge in [0.25, 0.3) is 0 Å². The van der Waals surface area contributed by atoms with Crippen LogP contribution in [0, 0.1) is 0 Å². The highest BCUT2D eigenvalue weighted by Gasteiger charge is 2.27. The molecule has 0 unspecified atom stereocenters. The van der Waals surface area contributed by atoms with E-state index in [1.165, 1.54) is 34.5 Å². The van der Waals surface area contributed by atoms with Crippen LogP contribution in [-0.4, -0.2) is 46.3 Å². The van der Waals surface area contributed by atoms with Crippen molar-refractivity contribution in [2.75, 3.05) is 28.4 Å². The summed E-state index contributed by atoms with van der Waals surface area (Å²) in [5.74, 6) is 0.652. The molecule has 0 amide bonds. The monoisotopic (exact) mass is 567 g/mol. The van der Waals surface area contributed by atoms with Crippen molar-refractivity contribution in [3.05, 3.63) is 81.5 Å². The van der Waals surface area contributed by atoms with Gasteiger partial charge in [-0.1, -0.05) is 22.0 Å². The Hall–Kier alpha value is -4.31. The lowest BCUT2D eigenvalue weighted by Gasteiger charge is -2.13. The molecule has 190 valence electrons. The van der Waals surface area contributed by atoms with Crippen molar-refractivity contribution in [2.24, 2.45) is 4.99 Å². The summed E-state index contributed by atoms with van der Waals surface area (Å²) in [4.78, 5) is 29.4. The molecule has 0 radical (unpaired) electrons. The fourth-order valence-corrected chi connectivity index (χ4v) is 3.76. The minimum absolute atomic E-state index is 0.0745. The Labute approximate surface area is 221 Å². The van der Waals surface area contributed by atoms with Crippen molar-refractivity contribution < 1.29 is 38.0 Å². The molecule has 0 aliphatic carbocycles. The second kappa shape index (κ2) is 11.2. The predicted molar refractivity (Wildman–Crippen MR) is 139 cm³/mol. The van der Waals surface area contributed by atoms with Crippen LogP contribution in [0.4, 0.5) is 0 Å². The molecule has 0 saturated heterocycles. The van der Waals surface area contributed by atoms with Crippen molar-refractivity contribution in [3.8, 4) is 28.7 Å². The highest BCUT2D eigenvalue weighted by Crippen LogP contribution is 2.39. The average molecular weight is 568 g/mol. The van der Waals surface area contributed by atoms with Gasteiger partial charge in [-0.15, -0.1) is 0 Å². The average Bonchev–Trinajstić information content (AvgIpc) is 3.28. The second-order valence-corrected chi connectivity index (χ2v) is 8.47. The molecule has 1 heterocycles. The number of ether oxygens (including phenoxy) is 6. The third-order valence-corrected chi connectivity index (χ3v) is 5.83. The molecule has 4 rings (SSSR count). The summed E-state index contributed by atoms with van der Waals surface area (Å²) in [6.45, 7) is 0. The van der Waals surface area contributed by atoms with Crippen LogP contribution in [0.2, 0.25) is 0 Å². The number of benzene rings is 3. The van der Waals surface area contributed by atoms with E-state index in [1.807, 2.05) is 0 Å². The van der Waals surface area contributed by atoms with E-state index >= 15 is 0 Å². The summed E-state index contributed by atoms with van der Waals surface area (Å²) < 4.78 is 33.2. The fraction of sp³-hybridized carbons (Fsp3) is 0.148. The largest absolute Gasteiger partial charge is 0.493 e. The number of nitrogens with zero attached hydrogens (tertiary/aromatic N) is 1. The van der Waals surface area contributed by atoms with Gasteiger partial charge >= 0.3 is 11.9 Å². The molecule has 0 N–H and O–H groups in total. The first-order valence-electron chi connectivity index (χ1n) is 10.9. The normalized spacial score (nSPS) is 13.6. The lowest BCUT2D eigenvalue weighted by atomic mass is 10.1. The summed E-state index contributed by atoms with van der Waals surface area (Å²) in [7, 11) is 5.92.